The minimum absolute atomic E-state index is 0.121. The van der Waals surface area contributed by atoms with Crippen molar-refractivity contribution in [2.24, 2.45) is 0 Å². The highest BCUT2D eigenvalue weighted by molar-refractivity contribution is 6.04. The van der Waals surface area contributed by atoms with Gasteiger partial charge in [0.2, 0.25) is 0 Å². The molecule has 3 rings (SSSR count). The molecule has 0 radical (unpaired) electrons. The highest BCUT2D eigenvalue weighted by atomic mass is 16.1. The molecular weight excluding hydrogens is 288 g/mol. The van der Waals surface area contributed by atoms with Gasteiger partial charge in [0.25, 0.3) is 5.91 Å². The average Bonchev–Trinajstić information content (AvgIpc) is 2.82. The largest absolute Gasteiger partial charge is 0.378 e. The summed E-state index contributed by atoms with van der Waals surface area (Å²) in [5.74, 6) is -0.121. The molecule has 0 saturated carbocycles. The van der Waals surface area contributed by atoms with Crippen molar-refractivity contribution in [2.75, 3.05) is 24.3 Å². The van der Waals surface area contributed by atoms with Crippen LogP contribution in [0.2, 0.25) is 0 Å². The molecule has 5 heteroatoms. The number of anilines is 2. The molecule has 0 saturated heterocycles. The molecule has 5 nitrogen and oxygen atoms in total. The normalized spacial score (nSPS) is 10.8. The maximum absolute atomic E-state index is 12.4. The number of rotatable bonds is 3. The van der Waals surface area contributed by atoms with E-state index in [1.165, 1.54) is 0 Å². The molecule has 0 spiro atoms. The smallest absolute Gasteiger partial charge is 0.255 e. The highest BCUT2D eigenvalue weighted by Gasteiger charge is 2.09. The minimum Gasteiger partial charge on any atom is -0.378 e. The molecule has 0 fully saturated rings. The van der Waals surface area contributed by atoms with Crippen LogP contribution in [0.5, 0.6) is 0 Å². The third-order valence-electron chi connectivity index (χ3n) is 4.00. The van der Waals surface area contributed by atoms with Crippen LogP contribution in [0, 0.1) is 13.8 Å². The van der Waals surface area contributed by atoms with Crippen molar-refractivity contribution in [2.45, 2.75) is 13.8 Å². The first-order valence-electron chi connectivity index (χ1n) is 7.50. The van der Waals surface area contributed by atoms with Crippen LogP contribution in [0.3, 0.4) is 0 Å². The summed E-state index contributed by atoms with van der Waals surface area (Å²) >= 11 is 0. The fraction of sp³-hybridized carbons (Fsp3) is 0.222. The Kier molecular flexibility index (Phi) is 3.78. The molecule has 1 aromatic carbocycles. The van der Waals surface area contributed by atoms with Gasteiger partial charge in [-0.3, -0.25) is 4.79 Å². The number of aromatic nitrogens is 2. The summed E-state index contributed by atoms with van der Waals surface area (Å²) in [6.07, 6.45) is 1.90. The fourth-order valence-electron chi connectivity index (χ4n) is 2.47. The predicted molar refractivity (Wildman–Crippen MR) is 93.4 cm³/mol. The molecule has 0 unspecified atom stereocenters. The molecule has 118 valence electrons. The zero-order valence-electron chi connectivity index (χ0n) is 13.8. The van der Waals surface area contributed by atoms with Gasteiger partial charge < -0.3 is 14.6 Å². The number of imidazole rings is 1. The van der Waals surface area contributed by atoms with Crippen molar-refractivity contribution in [3.8, 4) is 0 Å². The summed E-state index contributed by atoms with van der Waals surface area (Å²) in [5, 5.41) is 2.93. The van der Waals surface area contributed by atoms with Gasteiger partial charge in [-0.25, -0.2) is 4.98 Å². The first kappa shape index (κ1) is 15.1. The molecule has 0 aliphatic carbocycles. The lowest BCUT2D eigenvalue weighted by atomic mass is 10.2. The van der Waals surface area contributed by atoms with E-state index >= 15 is 0 Å². The van der Waals surface area contributed by atoms with E-state index in [0.29, 0.717) is 5.56 Å². The number of hydrogen-bond acceptors (Lipinski definition) is 3. The summed E-state index contributed by atoms with van der Waals surface area (Å²) in [4.78, 5) is 18.8. The van der Waals surface area contributed by atoms with E-state index in [1.807, 2.05) is 79.8 Å². The van der Waals surface area contributed by atoms with E-state index in [9.17, 15) is 4.79 Å². The van der Waals surface area contributed by atoms with Crippen LogP contribution in [-0.4, -0.2) is 29.4 Å². The Morgan fingerprint density at radius 1 is 1.09 bits per heavy atom. The Morgan fingerprint density at radius 2 is 1.78 bits per heavy atom. The van der Waals surface area contributed by atoms with Gasteiger partial charge in [0, 0.05) is 37.2 Å². The van der Waals surface area contributed by atoms with Gasteiger partial charge in [-0.2, -0.15) is 0 Å². The molecule has 1 amide bonds. The maximum Gasteiger partial charge on any atom is 0.255 e. The van der Waals surface area contributed by atoms with E-state index in [-0.39, 0.29) is 5.91 Å². The predicted octanol–water partition coefficient (Wildman–Crippen LogP) is 3.27. The molecule has 3 aromatic rings. The third kappa shape index (κ3) is 2.90. The number of nitrogens with zero attached hydrogens (tertiary/aromatic N) is 3. The summed E-state index contributed by atoms with van der Waals surface area (Å²) in [7, 11) is 3.94. The van der Waals surface area contributed by atoms with Gasteiger partial charge >= 0.3 is 0 Å². The van der Waals surface area contributed by atoms with E-state index in [0.717, 1.165) is 28.4 Å². The molecular formula is C18H20N4O. The van der Waals surface area contributed by atoms with Crippen molar-refractivity contribution in [1.29, 1.82) is 0 Å². The van der Waals surface area contributed by atoms with Crippen molar-refractivity contribution in [3.63, 3.8) is 0 Å². The van der Waals surface area contributed by atoms with Gasteiger partial charge in [-0.15, -0.1) is 0 Å². The molecule has 2 aromatic heterocycles. The molecule has 1 N–H and O–H groups in total. The average molecular weight is 308 g/mol. The number of benzene rings is 1. The van der Waals surface area contributed by atoms with Crippen molar-refractivity contribution in [1.82, 2.24) is 9.38 Å². The van der Waals surface area contributed by atoms with Gasteiger partial charge in [-0.1, -0.05) is 0 Å². The topological polar surface area (TPSA) is 49.6 Å². The van der Waals surface area contributed by atoms with Crippen molar-refractivity contribution in [3.05, 3.63) is 59.5 Å². The van der Waals surface area contributed by atoms with Crippen LogP contribution in [0.1, 0.15) is 21.7 Å². The fourth-order valence-corrected chi connectivity index (χ4v) is 2.47. The molecule has 0 aliphatic heterocycles. The Balaban J connectivity index is 1.83. The molecule has 0 bridgehead atoms. The monoisotopic (exact) mass is 308 g/mol. The number of hydrogen-bond donors (Lipinski definition) is 1. The lowest BCUT2D eigenvalue weighted by Crippen LogP contribution is -2.13. The second-order valence-corrected chi connectivity index (χ2v) is 5.82. The van der Waals surface area contributed by atoms with E-state index in [4.69, 9.17) is 0 Å². The summed E-state index contributed by atoms with van der Waals surface area (Å²) in [5.41, 5.74) is 5.40. The standard InChI is InChI=1S/C18H20N4O/c1-12-13(2)22-11-15(7-10-17(22)19-12)20-18(23)14-5-8-16(9-6-14)21(3)4/h5-11H,1-4H3,(H,20,23). The Morgan fingerprint density at radius 3 is 2.43 bits per heavy atom. The summed E-state index contributed by atoms with van der Waals surface area (Å²) < 4.78 is 1.99. The minimum atomic E-state index is -0.121. The first-order chi connectivity index (χ1) is 11.0. The van der Waals surface area contributed by atoms with Crippen LogP contribution in [0.4, 0.5) is 11.4 Å². The van der Waals surface area contributed by atoms with Gasteiger partial charge in [0.1, 0.15) is 5.65 Å². The summed E-state index contributed by atoms with van der Waals surface area (Å²) in [6.45, 7) is 3.99. The zero-order chi connectivity index (χ0) is 16.6. The second kappa shape index (κ2) is 5.76. The van der Waals surface area contributed by atoms with Crippen LogP contribution < -0.4 is 10.2 Å². The zero-order valence-corrected chi connectivity index (χ0v) is 13.8. The molecule has 23 heavy (non-hydrogen) atoms. The molecule has 0 aliphatic rings. The van der Waals surface area contributed by atoms with Gasteiger partial charge in [0.05, 0.1) is 11.4 Å². The lowest BCUT2D eigenvalue weighted by molar-refractivity contribution is 0.102. The Labute approximate surface area is 135 Å². The first-order valence-corrected chi connectivity index (χ1v) is 7.50. The van der Waals surface area contributed by atoms with Crippen molar-refractivity contribution < 1.29 is 4.79 Å². The summed E-state index contributed by atoms with van der Waals surface area (Å²) in [6, 6.07) is 11.3. The number of carbonyl (C=O) groups is 1. The number of pyridine rings is 1. The number of fused-ring (bicyclic) bond motifs is 1. The highest BCUT2D eigenvalue weighted by Crippen LogP contribution is 2.17. The maximum atomic E-state index is 12.4. The second-order valence-electron chi connectivity index (χ2n) is 5.82. The van der Waals surface area contributed by atoms with Crippen LogP contribution >= 0.6 is 0 Å². The SMILES string of the molecule is Cc1nc2ccc(NC(=O)c3ccc(N(C)C)cc3)cn2c1C. The number of carbonyl (C=O) groups excluding carboxylic acids is 1. The van der Waals surface area contributed by atoms with E-state index in [2.05, 4.69) is 10.3 Å². The lowest BCUT2D eigenvalue weighted by Gasteiger charge is -2.12. The van der Waals surface area contributed by atoms with Gasteiger partial charge in [0.15, 0.2) is 0 Å². The quantitative estimate of drug-likeness (QED) is 0.808. The number of nitrogens with one attached hydrogen (secondary N) is 1. The molecule has 0 atom stereocenters. The van der Waals surface area contributed by atoms with Crippen molar-refractivity contribution >= 4 is 22.9 Å². The van der Waals surface area contributed by atoms with E-state index in [1.54, 1.807) is 0 Å². The van der Waals surface area contributed by atoms with Crippen LogP contribution in [-0.2, 0) is 0 Å². The van der Waals surface area contributed by atoms with Crippen LogP contribution in [0.15, 0.2) is 42.6 Å². The van der Waals surface area contributed by atoms with Gasteiger partial charge in [-0.05, 0) is 50.2 Å². The van der Waals surface area contributed by atoms with E-state index < -0.39 is 0 Å². The van der Waals surface area contributed by atoms with Crippen LogP contribution in [0.25, 0.3) is 5.65 Å². The third-order valence-corrected chi connectivity index (χ3v) is 4.00. The Hall–Kier alpha value is -2.82. The number of amides is 1. The Bertz CT molecular complexity index is 863. The number of aryl methyl sites for hydroxylation is 2. The molecule has 2 heterocycles.